The molecule has 2 bridgehead atoms. The normalized spacial score (nSPS) is 21.7. The molecule has 1 amide bonds. The topological polar surface area (TPSA) is 111 Å². The monoisotopic (exact) mass is 487 g/mol. The molecule has 35 heavy (non-hydrogen) atoms. The first-order chi connectivity index (χ1) is 16.8. The minimum Gasteiger partial charge on any atom is -0.501 e. The first-order valence-electron chi connectivity index (χ1n) is 11.9. The molecule has 0 saturated carbocycles. The van der Waals surface area contributed by atoms with E-state index in [0.717, 1.165) is 0 Å². The Bertz CT molecular complexity index is 1180. The highest BCUT2D eigenvalue weighted by molar-refractivity contribution is 5.96. The molecule has 2 aliphatic heterocycles. The fraction of sp³-hybridized carbons (Fsp3) is 0.520. The maximum Gasteiger partial charge on any atom is 0.296 e. The van der Waals surface area contributed by atoms with Crippen LogP contribution in [0.5, 0.6) is 11.5 Å². The first kappa shape index (κ1) is 24.8. The van der Waals surface area contributed by atoms with Crippen molar-refractivity contribution in [2.24, 2.45) is 0 Å². The molecular formula is C25H30FN3O6. The van der Waals surface area contributed by atoms with Crippen LogP contribution in [-0.4, -0.2) is 58.1 Å². The fourth-order valence-electron chi connectivity index (χ4n) is 4.52. The van der Waals surface area contributed by atoms with E-state index in [9.17, 15) is 23.9 Å². The van der Waals surface area contributed by atoms with Crippen LogP contribution in [0, 0.1) is 5.82 Å². The van der Waals surface area contributed by atoms with Gasteiger partial charge in [-0.15, -0.1) is 0 Å². The van der Waals surface area contributed by atoms with Crippen molar-refractivity contribution in [3.8, 4) is 11.5 Å². The number of aromatic nitrogens is 2. The number of halogens is 1. The number of ether oxygens (including phenoxy) is 2. The van der Waals surface area contributed by atoms with Crippen molar-refractivity contribution in [3.05, 3.63) is 51.5 Å². The van der Waals surface area contributed by atoms with E-state index >= 15 is 0 Å². The Labute approximate surface area is 202 Å². The van der Waals surface area contributed by atoms with Crippen LogP contribution in [0.15, 0.2) is 23.0 Å². The van der Waals surface area contributed by atoms with Gasteiger partial charge in [0, 0.05) is 26.0 Å². The van der Waals surface area contributed by atoms with E-state index in [2.05, 4.69) is 4.98 Å². The number of benzene rings is 1. The number of aryl methyl sites for hydroxylation is 1. The first-order valence-corrected chi connectivity index (χ1v) is 11.9. The number of hydrogen-bond donors (Lipinski definition) is 1. The summed E-state index contributed by atoms with van der Waals surface area (Å²) >= 11 is 0. The number of carbonyl (C=O) groups excluding carboxylic acids is 2. The van der Waals surface area contributed by atoms with Gasteiger partial charge in [-0.3, -0.25) is 19.0 Å². The maximum absolute atomic E-state index is 13.8. The second-order valence-electron chi connectivity index (χ2n) is 8.94. The number of rotatable bonds is 1. The van der Waals surface area contributed by atoms with Gasteiger partial charge in [0.15, 0.2) is 11.5 Å². The summed E-state index contributed by atoms with van der Waals surface area (Å²) < 4.78 is 26.7. The summed E-state index contributed by atoms with van der Waals surface area (Å²) in [4.78, 5) is 45.3. The quantitative estimate of drug-likeness (QED) is 0.658. The number of amides is 1. The van der Waals surface area contributed by atoms with Gasteiger partial charge in [-0.05, 0) is 37.3 Å². The van der Waals surface area contributed by atoms with Crippen LogP contribution in [0.4, 0.5) is 4.39 Å². The lowest BCUT2D eigenvalue weighted by Crippen LogP contribution is -2.38. The summed E-state index contributed by atoms with van der Waals surface area (Å²) in [6, 6.07) is 3.03. The zero-order chi connectivity index (χ0) is 25.1. The smallest absolute Gasteiger partial charge is 0.296 e. The lowest BCUT2D eigenvalue weighted by atomic mass is 10.0. The Hall–Kier alpha value is -3.27. The van der Waals surface area contributed by atoms with Crippen LogP contribution in [0.1, 0.15) is 73.0 Å². The minimum absolute atomic E-state index is 0.0708. The highest BCUT2D eigenvalue weighted by Crippen LogP contribution is 2.29. The highest BCUT2D eigenvalue weighted by atomic mass is 19.1. The largest absolute Gasteiger partial charge is 0.501 e. The number of Topliss-reactive ketones (excluding diaryl/α,β-unsaturated/α-hetero) is 1. The predicted octanol–water partition coefficient (Wildman–Crippen LogP) is 2.95. The molecule has 0 radical (unpaired) electrons. The van der Waals surface area contributed by atoms with Gasteiger partial charge in [0.2, 0.25) is 11.7 Å². The number of hydrogen-bond acceptors (Lipinski definition) is 7. The minimum atomic E-state index is -0.728. The highest BCUT2D eigenvalue weighted by Gasteiger charge is 2.34. The molecular weight excluding hydrogens is 457 g/mol. The Morgan fingerprint density at radius 1 is 1.14 bits per heavy atom. The summed E-state index contributed by atoms with van der Waals surface area (Å²) in [5.41, 5.74) is -0.431. The number of likely N-dealkylation sites (N-methyl/N-ethyl adjacent to an activating group) is 1. The molecule has 10 heteroatoms. The van der Waals surface area contributed by atoms with Gasteiger partial charge in [0.25, 0.3) is 5.56 Å². The molecule has 1 N–H and O–H groups in total. The lowest BCUT2D eigenvalue weighted by molar-refractivity contribution is -0.133. The molecule has 1 aromatic carbocycles. The molecule has 1 unspecified atom stereocenters. The van der Waals surface area contributed by atoms with E-state index in [0.29, 0.717) is 37.2 Å². The van der Waals surface area contributed by atoms with E-state index in [-0.39, 0.29) is 49.9 Å². The predicted molar refractivity (Wildman–Crippen MR) is 124 cm³/mol. The van der Waals surface area contributed by atoms with Crippen molar-refractivity contribution in [1.82, 2.24) is 14.5 Å². The van der Waals surface area contributed by atoms with Gasteiger partial charge >= 0.3 is 0 Å². The van der Waals surface area contributed by atoms with Crippen LogP contribution in [0.3, 0.4) is 0 Å². The number of aromatic hydroxyl groups is 1. The molecule has 0 fully saturated rings. The van der Waals surface area contributed by atoms with Crippen LogP contribution in [0.25, 0.3) is 0 Å². The van der Waals surface area contributed by atoms with E-state index in [1.54, 1.807) is 13.1 Å². The molecule has 1 aromatic heterocycles. The molecule has 0 aliphatic carbocycles. The van der Waals surface area contributed by atoms with Crippen LogP contribution < -0.4 is 10.3 Å². The molecule has 9 nitrogen and oxygen atoms in total. The van der Waals surface area contributed by atoms with Crippen LogP contribution in [0.2, 0.25) is 0 Å². The third-order valence-corrected chi connectivity index (χ3v) is 6.66. The average Bonchev–Trinajstić information content (AvgIpc) is 3.03. The second kappa shape index (κ2) is 10.6. The van der Waals surface area contributed by atoms with Crippen molar-refractivity contribution < 1.29 is 28.6 Å². The number of fused-ring (bicyclic) bond motifs is 2. The second-order valence-corrected chi connectivity index (χ2v) is 8.94. The number of ketones is 1. The van der Waals surface area contributed by atoms with Gasteiger partial charge < -0.3 is 19.5 Å². The maximum atomic E-state index is 13.8. The van der Waals surface area contributed by atoms with E-state index in [1.807, 2.05) is 6.92 Å². The van der Waals surface area contributed by atoms with E-state index < -0.39 is 35.0 Å². The van der Waals surface area contributed by atoms with Gasteiger partial charge in [0.05, 0.1) is 25.9 Å². The molecule has 0 spiro atoms. The summed E-state index contributed by atoms with van der Waals surface area (Å²) in [7, 11) is 1.62. The van der Waals surface area contributed by atoms with Crippen molar-refractivity contribution in [2.75, 3.05) is 26.9 Å². The van der Waals surface area contributed by atoms with Crippen molar-refractivity contribution in [2.45, 2.75) is 57.5 Å². The molecule has 0 saturated heterocycles. The third kappa shape index (κ3) is 5.07. The third-order valence-electron chi connectivity index (χ3n) is 6.66. The van der Waals surface area contributed by atoms with Gasteiger partial charge in [-0.2, -0.15) is 0 Å². The van der Waals surface area contributed by atoms with Crippen molar-refractivity contribution in [1.29, 1.82) is 0 Å². The zero-order valence-corrected chi connectivity index (χ0v) is 20.0. The molecule has 2 aliphatic rings. The fourth-order valence-corrected chi connectivity index (χ4v) is 4.52. The van der Waals surface area contributed by atoms with Crippen LogP contribution >= 0.6 is 0 Å². The van der Waals surface area contributed by atoms with Gasteiger partial charge in [-0.25, -0.2) is 9.37 Å². The van der Waals surface area contributed by atoms with Crippen molar-refractivity contribution in [3.63, 3.8) is 0 Å². The Kier molecular flexibility index (Phi) is 7.49. The van der Waals surface area contributed by atoms with Gasteiger partial charge in [-0.1, -0.05) is 13.0 Å². The van der Waals surface area contributed by atoms with Gasteiger partial charge in [0.1, 0.15) is 23.4 Å². The molecule has 2 atom stereocenters. The molecule has 3 heterocycles. The Morgan fingerprint density at radius 3 is 2.71 bits per heavy atom. The SMILES string of the molecule is CC[C@H]1COCC2c3nc(c(O)c(=O)n31)C(=O)CCc1ccc(F)cc1OCCCCC(=O)N2C. The summed E-state index contributed by atoms with van der Waals surface area (Å²) in [6.45, 7) is 2.52. The zero-order valence-electron chi connectivity index (χ0n) is 20.0. The summed E-state index contributed by atoms with van der Waals surface area (Å²) in [6.07, 6.45) is 2.06. The Morgan fingerprint density at radius 2 is 1.94 bits per heavy atom. The van der Waals surface area contributed by atoms with E-state index in [1.165, 1.54) is 21.6 Å². The standard InChI is InChI=1S/C25H30FN3O6/c1-3-17-13-34-14-18-24-27-22(23(32)25(33)29(17)24)19(30)10-8-15-7-9-16(26)12-20(15)35-11-5-4-6-21(31)28(18)2/h7,9,12,17-18,32H,3-6,8,10-11,13-14H2,1-2H3/t17-,18?/m0/s1. The Balaban J connectivity index is 1.81. The number of carbonyl (C=O) groups is 2. The van der Waals surface area contributed by atoms with Crippen LogP contribution in [-0.2, 0) is 16.0 Å². The van der Waals surface area contributed by atoms with E-state index in [4.69, 9.17) is 9.47 Å². The average molecular weight is 488 g/mol. The molecule has 2 aromatic rings. The van der Waals surface area contributed by atoms with Crippen molar-refractivity contribution >= 4 is 11.7 Å². The lowest BCUT2D eigenvalue weighted by Gasteiger charge is -2.28. The summed E-state index contributed by atoms with van der Waals surface area (Å²) in [5.74, 6) is -1.32. The summed E-state index contributed by atoms with van der Waals surface area (Å²) in [5, 5.41) is 10.7. The molecule has 188 valence electrons. The molecule has 4 rings (SSSR count). The number of nitrogens with zero attached hydrogens (tertiary/aromatic N) is 3.